The quantitative estimate of drug-likeness (QED) is 0.576. The largest absolute Gasteiger partial charge is 0.489 e. The molecule has 0 saturated carbocycles. The lowest BCUT2D eigenvalue weighted by Crippen LogP contribution is -2.26. The Morgan fingerprint density at radius 2 is 2.00 bits per heavy atom. The van der Waals surface area contributed by atoms with Crippen molar-refractivity contribution in [2.45, 2.75) is 32.3 Å². The minimum Gasteiger partial charge on any atom is -0.489 e. The van der Waals surface area contributed by atoms with Crippen molar-refractivity contribution in [3.05, 3.63) is 65.7 Å². The second-order valence-corrected chi connectivity index (χ2v) is 7.22. The number of ether oxygens (including phenoxy) is 3. The van der Waals surface area contributed by atoms with Crippen molar-refractivity contribution in [2.75, 3.05) is 19.8 Å². The number of aromatic nitrogens is 3. The average Bonchev–Trinajstić information content (AvgIpc) is 2.82. The van der Waals surface area contributed by atoms with Gasteiger partial charge in [0.15, 0.2) is 0 Å². The van der Waals surface area contributed by atoms with E-state index in [1.54, 1.807) is 12.4 Å². The zero-order valence-corrected chi connectivity index (χ0v) is 17.5. The highest BCUT2D eigenvalue weighted by Gasteiger charge is 2.17. The van der Waals surface area contributed by atoms with Crippen LogP contribution in [-0.2, 0) is 11.2 Å². The highest BCUT2D eigenvalue weighted by molar-refractivity contribution is 5.64. The maximum Gasteiger partial charge on any atom is 0.213 e. The van der Waals surface area contributed by atoms with Gasteiger partial charge in [-0.05, 0) is 36.8 Å². The summed E-state index contributed by atoms with van der Waals surface area (Å²) < 4.78 is 16.8. The lowest BCUT2D eigenvalue weighted by atomic mass is 10.1. The summed E-state index contributed by atoms with van der Waals surface area (Å²) in [5.74, 6) is 1.89. The van der Waals surface area contributed by atoms with E-state index in [4.69, 9.17) is 14.2 Å². The standard InChI is InChI=1S/C24H24N4O3/c1-2-30-24-6-3-17(16-27-24)13-23-26-10-7-21(28-23)18-4-5-22(19(14-18)15-25)31-20-8-11-29-12-9-20/h3-7,10,14,16,20H,2,8-9,11-13H2,1H3. The van der Waals surface area contributed by atoms with Gasteiger partial charge in [0.25, 0.3) is 0 Å². The molecule has 7 heteroatoms. The van der Waals surface area contributed by atoms with Crippen LogP contribution in [0.5, 0.6) is 11.6 Å². The van der Waals surface area contributed by atoms with Gasteiger partial charge in [-0.15, -0.1) is 0 Å². The summed E-state index contributed by atoms with van der Waals surface area (Å²) in [4.78, 5) is 13.4. The molecule has 0 amide bonds. The summed E-state index contributed by atoms with van der Waals surface area (Å²) in [5, 5.41) is 9.62. The fourth-order valence-electron chi connectivity index (χ4n) is 3.43. The molecule has 0 spiro atoms. The van der Waals surface area contributed by atoms with Crippen LogP contribution in [0, 0.1) is 11.3 Å². The molecule has 2 aromatic heterocycles. The van der Waals surface area contributed by atoms with Crippen molar-refractivity contribution in [3.63, 3.8) is 0 Å². The lowest BCUT2D eigenvalue weighted by Gasteiger charge is -2.23. The minimum atomic E-state index is 0.0834. The van der Waals surface area contributed by atoms with E-state index in [9.17, 15) is 5.26 Å². The number of hydrogen-bond donors (Lipinski definition) is 0. The molecule has 3 heterocycles. The van der Waals surface area contributed by atoms with Crippen molar-refractivity contribution in [1.29, 1.82) is 5.26 Å². The Labute approximate surface area is 181 Å². The number of rotatable bonds is 7. The van der Waals surface area contributed by atoms with Crippen LogP contribution in [0.3, 0.4) is 0 Å². The monoisotopic (exact) mass is 416 g/mol. The maximum atomic E-state index is 9.62. The average molecular weight is 416 g/mol. The molecule has 1 aliphatic heterocycles. The molecule has 4 rings (SSSR count). The third-order valence-electron chi connectivity index (χ3n) is 5.02. The van der Waals surface area contributed by atoms with Crippen LogP contribution in [0.4, 0.5) is 0 Å². The fourth-order valence-corrected chi connectivity index (χ4v) is 3.43. The molecule has 1 saturated heterocycles. The van der Waals surface area contributed by atoms with Crippen molar-refractivity contribution >= 4 is 0 Å². The highest BCUT2D eigenvalue weighted by atomic mass is 16.5. The second kappa shape index (κ2) is 10.0. The van der Waals surface area contributed by atoms with Gasteiger partial charge in [-0.3, -0.25) is 0 Å². The molecule has 3 aromatic rings. The number of benzene rings is 1. The van der Waals surface area contributed by atoms with Gasteiger partial charge in [0.2, 0.25) is 5.88 Å². The van der Waals surface area contributed by atoms with Gasteiger partial charge in [-0.1, -0.05) is 6.07 Å². The number of pyridine rings is 1. The molecular formula is C24H24N4O3. The van der Waals surface area contributed by atoms with E-state index in [0.717, 1.165) is 29.7 Å². The molecule has 7 nitrogen and oxygen atoms in total. The first kappa shape index (κ1) is 20.8. The van der Waals surface area contributed by atoms with Gasteiger partial charge in [0, 0.05) is 43.3 Å². The van der Waals surface area contributed by atoms with Gasteiger partial charge >= 0.3 is 0 Å². The molecule has 0 N–H and O–H groups in total. The Morgan fingerprint density at radius 3 is 2.74 bits per heavy atom. The van der Waals surface area contributed by atoms with E-state index in [0.29, 0.717) is 49.3 Å². The van der Waals surface area contributed by atoms with E-state index in [1.807, 2.05) is 43.3 Å². The molecular weight excluding hydrogens is 392 g/mol. The van der Waals surface area contributed by atoms with E-state index in [1.165, 1.54) is 0 Å². The van der Waals surface area contributed by atoms with E-state index < -0.39 is 0 Å². The van der Waals surface area contributed by atoms with Crippen LogP contribution >= 0.6 is 0 Å². The number of nitrogens with zero attached hydrogens (tertiary/aromatic N) is 4. The summed E-state index contributed by atoms with van der Waals surface area (Å²) in [6.07, 6.45) is 5.82. The number of nitriles is 1. The number of hydrogen-bond acceptors (Lipinski definition) is 7. The maximum absolute atomic E-state index is 9.62. The van der Waals surface area contributed by atoms with Gasteiger partial charge < -0.3 is 14.2 Å². The predicted molar refractivity (Wildman–Crippen MR) is 115 cm³/mol. The Bertz CT molecular complexity index is 1060. The summed E-state index contributed by atoms with van der Waals surface area (Å²) in [6, 6.07) is 13.5. The molecule has 0 unspecified atom stereocenters. The minimum absolute atomic E-state index is 0.0834. The van der Waals surface area contributed by atoms with Crippen molar-refractivity contribution < 1.29 is 14.2 Å². The molecule has 1 aromatic carbocycles. The molecule has 31 heavy (non-hydrogen) atoms. The van der Waals surface area contributed by atoms with Crippen LogP contribution in [0.15, 0.2) is 48.8 Å². The zero-order valence-electron chi connectivity index (χ0n) is 17.5. The first-order valence-corrected chi connectivity index (χ1v) is 10.4. The van der Waals surface area contributed by atoms with Crippen LogP contribution < -0.4 is 9.47 Å². The fraction of sp³-hybridized carbons (Fsp3) is 0.333. The third kappa shape index (κ3) is 5.36. The Balaban J connectivity index is 1.50. The van der Waals surface area contributed by atoms with E-state index in [-0.39, 0.29) is 6.10 Å². The summed E-state index contributed by atoms with van der Waals surface area (Å²) >= 11 is 0. The smallest absolute Gasteiger partial charge is 0.213 e. The van der Waals surface area contributed by atoms with Crippen LogP contribution in [0.1, 0.15) is 36.7 Å². The molecule has 0 bridgehead atoms. The second-order valence-electron chi connectivity index (χ2n) is 7.22. The van der Waals surface area contributed by atoms with Gasteiger partial charge in [-0.2, -0.15) is 5.26 Å². The van der Waals surface area contributed by atoms with Crippen LogP contribution in [-0.4, -0.2) is 40.9 Å². The summed E-state index contributed by atoms with van der Waals surface area (Å²) in [6.45, 7) is 3.90. The molecule has 0 atom stereocenters. The van der Waals surface area contributed by atoms with E-state index >= 15 is 0 Å². The topological polar surface area (TPSA) is 90.2 Å². The van der Waals surface area contributed by atoms with Crippen molar-refractivity contribution in [2.24, 2.45) is 0 Å². The Kier molecular flexibility index (Phi) is 6.70. The first-order chi connectivity index (χ1) is 15.2. The predicted octanol–water partition coefficient (Wildman–Crippen LogP) is 3.96. The van der Waals surface area contributed by atoms with Gasteiger partial charge in [0.05, 0.1) is 31.1 Å². The van der Waals surface area contributed by atoms with Gasteiger partial charge in [0.1, 0.15) is 23.7 Å². The lowest BCUT2D eigenvalue weighted by molar-refractivity contribution is 0.0254. The molecule has 1 fully saturated rings. The summed E-state index contributed by atoms with van der Waals surface area (Å²) in [7, 11) is 0. The first-order valence-electron chi connectivity index (χ1n) is 10.4. The molecule has 0 radical (unpaired) electrons. The zero-order chi connectivity index (χ0) is 21.5. The Hall–Kier alpha value is -3.50. The van der Waals surface area contributed by atoms with Crippen LogP contribution in [0.25, 0.3) is 11.3 Å². The normalized spacial score (nSPS) is 14.1. The highest BCUT2D eigenvalue weighted by Crippen LogP contribution is 2.27. The van der Waals surface area contributed by atoms with Crippen molar-refractivity contribution in [3.8, 4) is 29.0 Å². The molecule has 1 aliphatic rings. The van der Waals surface area contributed by atoms with E-state index in [2.05, 4.69) is 21.0 Å². The molecule has 0 aliphatic carbocycles. The SMILES string of the molecule is CCOc1ccc(Cc2nccc(-c3ccc(OC4CCOCC4)c(C#N)c3)n2)cn1. The van der Waals surface area contributed by atoms with Crippen molar-refractivity contribution in [1.82, 2.24) is 15.0 Å². The van der Waals surface area contributed by atoms with Crippen LogP contribution in [0.2, 0.25) is 0 Å². The third-order valence-corrected chi connectivity index (χ3v) is 5.02. The molecule has 158 valence electrons. The Morgan fingerprint density at radius 1 is 1.13 bits per heavy atom. The van der Waals surface area contributed by atoms with Gasteiger partial charge in [-0.25, -0.2) is 15.0 Å². The summed E-state index contributed by atoms with van der Waals surface area (Å²) in [5.41, 5.74) is 3.11.